The fourth-order valence-electron chi connectivity index (χ4n) is 2.12. The number of aliphatic hydroxyl groups is 1. The third-order valence-electron chi connectivity index (χ3n) is 3.29. The van der Waals surface area contributed by atoms with Gasteiger partial charge in [0.05, 0.1) is 0 Å². The van der Waals surface area contributed by atoms with Crippen molar-refractivity contribution in [3.8, 4) is 11.4 Å². The van der Waals surface area contributed by atoms with Crippen molar-refractivity contribution in [1.82, 2.24) is 14.8 Å². The van der Waals surface area contributed by atoms with Crippen LogP contribution in [0, 0.1) is 0 Å². The number of aliphatic hydroxyl groups excluding tert-OH is 1. The maximum absolute atomic E-state index is 9.24. The predicted molar refractivity (Wildman–Crippen MR) is 75.8 cm³/mol. The topological polar surface area (TPSA) is 50.9 Å². The second-order valence-electron chi connectivity index (χ2n) is 5.67. The third-order valence-corrected chi connectivity index (χ3v) is 3.29. The molecule has 0 unspecified atom stereocenters. The van der Waals surface area contributed by atoms with Gasteiger partial charge in [-0.05, 0) is 17.9 Å². The highest BCUT2D eigenvalue weighted by molar-refractivity contribution is 5.56. The van der Waals surface area contributed by atoms with E-state index in [1.54, 1.807) is 0 Å². The van der Waals surface area contributed by atoms with E-state index in [0.29, 0.717) is 5.82 Å². The molecule has 0 fully saturated rings. The van der Waals surface area contributed by atoms with Gasteiger partial charge in [-0.15, -0.1) is 10.2 Å². The Morgan fingerprint density at radius 1 is 1.11 bits per heavy atom. The van der Waals surface area contributed by atoms with Crippen LogP contribution in [0.4, 0.5) is 0 Å². The maximum Gasteiger partial charge on any atom is 0.164 e. The molecule has 1 N–H and O–H groups in total. The number of aromatic nitrogens is 3. The zero-order valence-electron chi connectivity index (χ0n) is 12.0. The molecule has 19 heavy (non-hydrogen) atoms. The van der Waals surface area contributed by atoms with Crippen LogP contribution in [0.5, 0.6) is 0 Å². The molecule has 0 bridgehead atoms. The molecule has 1 heterocycles. The zero-order chi connectivity index (χ0) is 14.0. The molecule has 0 spiro atoms. The van der Waals surface area contributed by atoms with Crippen LogP contribution in [0.2, 0.25) is 0 Å². The molecule has 0 aliphatic heterocycles. The van der Waals surface area contributed by atoms with Crippen molar-refractivity contribution in [1.29, 1.82) is 0 Å². The lowest BCUT2D eigenvalue weighted by atomic mass is 9.87. The first-order valence-electron chi connectivity index (χ1n) is 6.61. The summed E-state index contributed by atoms with van der Waals surface area (Å²) in [6, 6.07) is 8.39. The van der Waals surface area contributed by atoms with Crippen molar-refractivity contribution in [2.75, 3.05) is 0 Å². The first-order valence-corrected chi connectivity index (χ1v) is 6.61. The lowest BCUT2D eigenvalue weighted by Gasteiger charge is -2.19. The number of hydrogen-bond acceptors (Lipinski definition) is 3. The van der Waals surface area contributed by atoms with Crippen molar-refractivity contribution < 1.29 is 5.11 Å². The van der Waals surface area contributed by atoms with Gasteiger partial charge in [-0.3, -0.25) is 0 Å². The fourth-order valence-corrected chi connectivity index (χ4v) is 2.12. The average Bonchev–Trinajstić information content (AvgIpc) is 2.80. The Balaban J connectivity index is 2.40. The van der Waals surface area contributed by atoms with Crippen LogP contribution in [0.1, 0.15) is 39.1 Å². The summed E-state index contributed by atoms with van der Waals surface area (Å²) >= 11 is 0. The van der Waals surface area contributed by atoms with Gasteiger partial charge in [0, 0.05) is 12.1 Å². The highest BCUT2D eigenvalue weighted by Gasteiger charge is 2.15. The van der Waals surface area contributed by atoms with Gasteiger partial charge in [-0.1, -0.05) is 45.0 Å². The molecule has 1 aromatic heterocycles. The second kappa shape index (κ2) is 5.13. The van der Waals surface area contributed by atoms with Crippen LogP contribution < -0.4 is 0 Å². The van der Waals surface area contributed by atoms with E-state index in [1.165, 1.54) is 5.56 Å². The molecule has 0 aliphatic carbocycles. The summed E-state index contributed by atoms with van der Waals surface area (Å²) < 4.78 is 1.94. The standard InChI is InChI=1S/C15H21N3O/c1-5-18-13(10-19)16-17-14(18)11-6-8-12(9-7-11)15(2,3)4/h6-9,19H,5,10H2,1-4H3. The van der Waals surface area contributed by atoms with Gasteiger partial charge < -0.3 is 9.67 Å². The fraction of sp³-hybridized carbons (Fsp3) is 0.467. The van der Waals surface area contributed by atoms with E-state index >= 15 is 0 Å². The lowest BCUT2D eigenvalue weighted by Crippen LogP contribution is -2.10. The summed E-state index contributed by atoms with van der Waals surface area (Å²) in [7, 11) is 0. The Morgan fingerprint density at radius 2 is 1.74 bits per heavy atom. The summed E-state index contributed by atoms with van der Waals surface area (Å²) in [4.78, 5) is 0. The van der Waals surface area contributed by atoms with Crippen molar-refractivity contribution in [2.24, 2.45) is 0 Å². The number of benzene rings is 1. The van der Waals surface area contributed by atoms with Gasteiger partial charge in [0.15, 0.2) is 11.6 Å². The smallest absolute Gasteiger partial charge is 0.164 e. The molecule has 1 aromatic carbocycles. The van der Waals surface area contributed by atoms with Gasteiger partial charge in [0.25, 0.3) is 0 Å². The Kier molecular flexibility index (Phi) is 3.71. The van der Waals surface area contributed by atoms with Crippen LogP contribution in [0.15, 0.2) is 24.3 Å². The minimum absolute atomic E-state index is 0.0824. The molecule has 0 amide bonds. The average molecular weight is 259 g/mol. The summed E-state index contributed by atoms with van der Waals surface area (Å²) in [5.74, 6) is 1.42. The van der Waals surface area contributed by atoms with Gasteiger partial charge in [0.2, 0.25) is 0 Å². The van der Waals surface area contributed by atoms with Crippen molar-refractivity contribution in [2.45, 2.75) is 46.3 Å². The molecule has 0 radical (unpaired) electrons. The molecule has 4 heteroatoms. The number of nitrogens with zero attached hydrogens (tertiary/aromatic N) is 3. The van der Waals surface area contributed by atoms with E-state index in [9.17, 15) is 5.11 Å². The summed E-state index contributed by atoms with van der Waals surface area (Å²) in [6.45, 7) is 9.27. The van der Waals surface area contributed by atoms with E-state index in [-0.39, 0.29) is 12.0 Å². The second-order valence-corrected chi connectivity index (χ2v) is 5.67. The van der Waals surface area contributed by atoms with Gasteiger partial charge in [-0.25, -0.2) is 0 Å². The van der Waals surface area contributed by atoms with Gasteiger partial charge >= 0.3 is 0 Å². The molecule has 0 saturated carbocycles. The van der Waals surface area contributed by atoms with E-state index in [4.69, 9.17) is 0 Å². The van der Waals surface area contributed by atoms with Crippen LogP contribution in [0.3, 0.4) is 0 Å². The molecule has 0 aliphatic rings. The molecular formula is C15H21N3O. The molecule has 4 nitrogen and oxygen atoms in total. The Labute approximate surface area is 114 Å². The largest absolute Gasteiger partial charge is 0.388 e. The third kappa shape index (κ3) is 2.68. The molecule has 0 atom stereocenters. The molecule has 2 aromatic rings. The van der Waals surface area contributed by atoms with Gasteiger partial charge in [0.1, 0.15) is 6.61 Å². The Hall–Kier alpha value is -1.68. The first kappa shape index (κ1) is 13.7. The monoisotopic (exact) mass is 259 g/mol. The molecule has 102 valence electrons. The van der Waals surface area contributed by atoms with E-state index < -0.39 is 0 Å². The number of rotatable bonds is 3. The van der Waals surface area contributed by atoms with E-state index in [0.717, 1.165) is 17.9 Å². The number of hydrogen-bond donors (Lipinski definition) is 1. The predicted octanol–water partition coefficient (Wildman–Crippen LogP) is 2.75. The van der Waals surface area contributed by atoms with E-state index in [1.807, 2.05) is 11.5 Å². The Bertz CT molecular complexity index is 550. The zero-order valence-corrected chi connectivity index (χ0v) is 12.0. The molecule has 0 saturated heterocycles. The minimum atomic E-state index is -0.0824. The van der Waals surface area contributed by atoms with Crippen LogP contribution in [-0.4, -0.2) is 19.9 Å². The summed E-state index contributed by atoms with van der Waals surface area (Å²) in [5.41, 5.74) is 2.47. The van der Waals surface area contributed by atoms with Gasteiger partial charge in [-0.2, -0.15) is 0 Å². The summed E-state index contributed by atoms with van der Waals surface area (Å²) in [6.07, 6.45) is 0. The molecular weight excluding hydrogens is 238 g/mol. The normalized spacial score (nSPS) is 11.8. The lowest BCUT2D eigenvalue weighted by molar-refractivity contribution is 0.265. The van der Waals surface area contributed by atoms with Crippen LogP contribution in [0.25, 0.3) is 11.4 Å². The minimum Gasteiger partial charge on any atom is -0.388 e. The quantitative estimate of drug-likeness (QED) is 0.922. The van der Waals surface area contributed by atoms with Crippen molar-refractivity contribution in [3.05, 3.63) is 35.7 Å². The van der Waals surface area contributed by atoms with Crippen LogP contribution in [-0.2, 0) is 18.6 Å². The highest BCUT2D eigenvalue weighted by Crippen LogP contribution is 2.25. The summed E-state index contributed by atoms with van der Waals surface area (Å²) in [5, 5.41) is 17.4. The molecule has 2 rings (SSSR count). The van der Waals surface area contributed by atoms with Crippen molar-refractivity contribution in [3.63, 3.8) is 0 Å². The highest BCUT2D eigenvalue weighted by atomic mass is 16.3. The van der Waals surface area contributed by atoms with Crippen molar-refractivity contribution >= 4 is 0 Å². The first-order chi connectivity index (χ1) is 8.97. The SMILES string of the molecule is CCn1c(CO)nnc1-c1ccc(C(C)(C)C)cc1. The Morgan fingerprint density at radius 3 is 2.21 bits per heavy atom. The van der Waals surface area contributed by atoms with Crippen LogP contribution >= 0.6 is 0 Å². The maximum atomic E-state index is 9.24. The van der Waals surface area contributed by atoms with E-state index in [2.05, 4.69) is 55.2 Å².